The van der Waals surface area contributed by atoms with E-state index in [9.17, 15) is 23.5 Å². The third-order valence-electron chi connectivity index (χ3n) is 6.59. The minimum absolute atomic E-state index is 0.0623. The van der Waals surface area contributed by atoms with Gasteiger partial charge in [0.2, 0.25) is 0 Å². The van der Waals surface area contributed by atoms with E-state index in [4.69, 9.17) is 0 Å². The Labute approximate surface area is 193 Å². The van der Waals surface area contributed by atoms with Crippen LogP contribution in [0.5, 0.6) is 0 Å². The van der Waals surface area contributed by atoms with Gasteiger partial charge in [0.05, 0.1) is 17.0 Å². The highest BCUT2D eigenvalue weighted by Crippen LogP contribution is 2.43. The van der Waals surface area contributed by atoms with Gasteiger partial charge < -0.3 is 15.0 Å². The highest BCUT2D eigenvalue weighted by Gasteiger charge is 2.49. The SMILES string of the molecule is CC(Nc1nn(C)c(=O)c2cc(=O)n(C3(C)CC3)cc12)c1cccc(C(F)(F)C(C)(C)O)c1F. The maximum absolute atomic E-state index is 15.2. The average Bonchev–Trinajstić information content (AvgIpc) is 3.48. The average molecular weight is 476 g/mol. The number of aromatic nitrogens is 3. The largest absolute Gasteiger partial charge is 0.384 e. The summed E-state index contributed by atoms with van der Waals surface area (Å²) in [6.07, 6.45) is 3.22. The van der Waals surface area contributed by atoms with Gasteiger partial charge >= 0.3 is 5.92 Å². The smallest absolute Gasteiger partial charge is 0.303 e. The number of aryl methyl sites for hydroxylation is 1. The van der Waals surface area contributed by atoms with Crippen molar-refractivity contribution in [2.45, 2.75) is 63.6 Å². The first kappa shape index (κ1) is 24.0. The molecule has 0 spiro atoms. The molecule has 1 saturated carbocycles. The summed E-state index contributed by atoms with van der Waals surface area (Å²) >= 11 is 0. The van der Waals surface area contributed by atoms with E-state index in [1.807, 2.05) is 6.92 Å². The van der Waals surface area contributed by atoms with Gasteiger partial charge in [0.1, 0.15) is 11.4 Å². The molecular weight excluding hydrogens is 449 g/mol. The van der Waals surface area contributed by atoms with Crippen LogP contribution in [0.4, 0.5) is 19.0 Å². The Hall–Kier alpha value is -3.14. The Morgan fingerprint density at radius 2 is 1.85 bits per heavy atom. The Morgan fingerprint density at radius 1 is 1.21 bits per heavy atom. The van der Waals surface area contributed by atoms with Crippen LogP contribution in [0.3, 0.4) is 0 Å². The Bertz CT molecular complexity index is 1400. The number of anilines is 1. The molecular formula is C24H27F3N4O3. The number of benzene rings is 1. The second-order valence-electron chi connectivity index (χ2n) is 9.79. The molecule has 0 radical (unpaired) electrons. The van der Waals surface area contributed by atoms with E-state index in [2.05, 4.69) is 10.4 Å². The van der Waals surface area contributed by atoms with E-state index in [0.717, 1.165) is 37.4 Å². The number of pyridine rings is 1. The molecule has 1 atom stereocenters. The number of rotatable bonds is 6. The fourth-order valence-corrected chi connectivity index (χ4v) is 4.01. The fraction of sp³-hybridized carbons (Fsp3) is 0.458. The molecule has 3 aromatic rings. The second kappa shape index (κ2) is 7.69. The molecule has 4 rings (SSSR count). The molecule has 0 saturated heterocycles. The van der Waals surface area contributed by atoms with Gasteiger partial charge in [-0.2, -0.15) is 13.9 Å². The molecule has 10 heteroatoms. The van der Waals surface area contributed by atoms with Gasteiger partial charge in [0, 0.05) is 35.8 Å². The lowest BCUT2D eigenvalue weighted by Crippen LogP contribution is -2.41. The van der Waals surface area contributed by atoms with E-state index in [1.165, 1.54) is 25.2 Å². The number of nitrogens with one attached hydrogen (secondary N) is 1. The van der Waals surface area contributed by atoms with Crippen LogP contribution in [0.2, 0.25) is 0 Å². The summed E-state index contributed by atoms with van der Waals surface area (Å²) in [6, 6.07) is 4.04. The first-order valence-corrected chi connectivity index (χ1v) is 11.0. The summed E-state index contributed by atoms with van der Waals surface area (Å²) < 4.78 is 47.3. The normalized spacial score (nSPS) is 16.5. The number of fused-ring (bicyclic) bond motifs is 1. The van der Waals surface area contributed by atoms with Crippen molar-refractivity contribution in [2.75, 3.05) is 5.32 Å². The van der Waals surface area contributed by atoms with Crippen LogP contribution in [0.15, 0.2) is 40.1 Å². The van der Waals surface area contributed by atoms with Gasteiger partial charge in [-0.25, -0.2) is 9.07 Å². The van der Waals surface area contributed by atoms with Crippen molar-refractivity contribution in [1.29, 1.82) is 0 Å². The van der Waals surface area contributed by atoms with Crippen molar-refractivity contribution in [3.63, 3.8) is 0 Å². The molecule has 0 bridgehead atoms. The molecule has 2 N–H and O–H groups in total. The first-order valence-electron chi connectivity index (χ1n) is 11.0. The molecule has 0 amide bonds. The summed E-state index contributed by atoms with van der Waals surface area (Å²) in [6.45, 7) is 5.35. The lowest BCUT2D eigenvalue weighted by Gasteiger charge is -2.30. The quantitative estimate of drug-likeness (QED) is 0.565. The zero-order valence-electron chi connectivity index (χ0n) is 19.6. The van der Waals surface area contributed by atoms with Crippen molar-refractivity contribution in [3.8, 4) is 0 Å². The van der Waals surface area contributed by atoms with Crippen molar-refractivity contribution < 1.29 is 18.3 Å². The molecule has 2 heterocycles. The van der Waals surface area contributed by atoms with Gasteiger partial charge in [-0.05, 0) is 46.6 Å². The number of hydrogen-bond acceptors (Lipinski definition) is 5. The molecule has 1 unspecified atom stereocenters. The lowest BCUT2D eigenvalue weighted by atomic mass is 9.91. The Morgan fingerprint density at radius 3 is 2.44 bits per heavy atom. The lowest BCUT2D eigenvalue weighted by molar-refractivity contribution is -0.170. The zero-order chi connectivity index (χ0) is 25.2. The topological polar surface area (TPSA) is 89.2 Å². The molecule has 0 aliphatic heterocycles. The molecule has 1 fully saturated rings. The second-order valence-corrected chi connectivity index (χ2v) is 9.79. The predicted molar refractivity (Wildman–Crippen MR) is 123 cm³/mol. The molecule has 34 heavy (non-hydrogen) atoms. The van der Waals surface area contributed by atoms with E-state index in [1.54, 1.807) is 17.7 Å². The summed E-state index contributed by atoms with van der Waals surface area (Å²) in [5.74, 6) is -4.77. The fourth-order valence-electron chi connectivity index (χ4n) is 4.01. The zero-order valence-corrected chi connectivity index (χ0v) is 19.6. The van der Waals surface area contributed by atoms with Crippen molar-refractivity contribution >= 4 is 16.6 Å². The third kappa shape index (κ3) is 3.79. The van der Waals surface area contributed by atoms with Crippen molar-refractivity contribution in [2.24, 2.45) is 7.05 Å². The Balaban J connectivity index is 1.81. The van der Waals surface area contributed by atoms with Crippen LogP contribution >= 0.6 is 0 Å². The van der Waals surface area contributed by atoms with Gasteiger partial charge in [-0.1, -0.05) is 12.1 Å². The number of alkyl halides is 2. The number of halogens is 3. The molecule has 1 aliphatic rings. The Kier molecular flexibility index (Phi) is 5.43. The summed E-state index contributed by atoms with van der Waals surface area (Å²) in [4.78, 5) is 25.3. The first-order chi connectivity index (χ1) is 15.7. The summed E-state index contributed by atoms with van der Waals surface area (Å²) in [5, 5.41) is 17.7. The number of aliphatic hydroxyl groups is 1. The molecule has 182 valence electrons. The summed E-state index contributed by atoms with van der Waals surface area (Å²) in [5.41, 5.74) is -4.55. The minimum atomic E-state index is -3.83. The molecule has 1 aliphatic carbocycles. The highest BCUT2D eigenvalue weighted by molar-refractivity contribution is 5.90. The van der Waals surface area contributed by atoms with Crippen LogP contribution in [0.25, 0.3) is 10.8 Å². The van der Waals surface area contributed by atoms with Crippen LogP contribution in [-0.2, 0) is 18.5 Å². The molecule has 1 aromatic carbocycles. The van der Waals surface area contributed by atoms with E-state index in [-0.39, 0.29) is 27.9 Å². The van der Waals surface area contributed by atoms with Gasteiger partial charge in [0.15, 0.2) is 5.82 Å². The van der Waals surface area contributed by atoms with Crippen LogP contribution < -0.4 is 16.4 Å². The third-order valence-corrected chi connectivity index (χ3v) is 6.59. The number of nitrogens with zero attached hydrogens (tertiary/aromatic N) is 3. The van der Waals surface area contributed by atoms with Crippen molar-refractivity contribution in [3.05, 3.63) is 68.1 Å². The molecule has 2 aromatic heterocycles. The maximum atomic E-state index is 15.2. The van der Waals surface area contributed by atoms with Gasteiger partial charge in [-0.3, -0.25) is 9.59 Å². The minimum Gasteiger partial charge on any atom is -0.384 e. The monoisotopic (exact) mass is 476 g/mol. The maximum Gasteiger partial charge on any atom is 0.303 e. The van der Waals surface area contributed by atoms with Crippen LogP contribution in [0, 0.1) is 5.82 Å². The highest BCUT2D eigenvalue weighted by atomic mass is 19.3. The predicted octanol–water partition coefficient (Wildman–Crippen LogP) is 3.78. The van der Waals surface area contributed by atoms with Crippen LogP contribution in [0.1, 0.15) is 57.7 Å². The number of hydrogen-bond donors (Lipinski definition) is 2. The summed E-state index contributed by atoms with van der Waals surface area (Å²) in [7, 11) is 1.43. The van der Waals surface area contributed by atoms with Gasteiger partial charge in [-0.15, -0.1) is 0 Å². The van der Waals surface area contributed by atoms with E-state index < -0.39 is 34.5 Å². The molecule has 7 nitrogen and oxygen atoms in total. The standard InChI is InChI=1S/C24H27F3N4O3/c1-13(14-7-6-8-17(19(14)25)24(26,27)22(2,3)34)28-20-16-12-31(23(4)9-10-23)18(32)11-15(16)21(33)30(5)29-20/h6-8,11-13,34H,9-10H2,1-5H3,(H,28,29). The van der Waals surface area contributed by atoms with Crippen LogP contribution in [-0.4, -0.2) is 25.1 Å². The van der Waals surface area contributed by atoms with Crippen molar-refractivity contribution in [1.82, 2.24) is 14.3 Å². The van der Waals surface area contributed by atoms with E-state index >= 15 is 4.39 Å². The van der Waals surface area contributed by atoms with E-state index in [0.29, 0.717) is 5.39 Å². The van der Waals surface area contributed by atoms with Gasteiger partial charge in [0.25, 0.3) is 11.1 Å².